The van der Waals surface area contributed by atoms with Crippen molar-refractivity contribution in [3.05, 3.63) is 22.4 Å². The molecule has 0 saturated carbocycles. The van der Waals surface area contributed by atoms with Gasteiger partial charge in [-0.15, -0.1) is 36.2 Å². The molecule has 2 aliphatic rings. The lowest BCUT2D eigenvalue weighted by Gasteiger charge is -2.39. The number of nitrogens with zero attached hydrogens (tertiary/aromatic N) is 2. The monoisotopic (exact) mass is 379 g/mol. The molecule has 1 aromatic rings. The van der Waals surface area contributed by atoms with E-state index in [4.69, 9.17) is 0 Å². The minimum Gasteiger partial charge on any atom is -0.340 e. The molecule has 3 heterocycles. The van der Waals surface area contributed by atoms with E-state index in [0.29, 0.717) is 11.8 Å². The summed E-state index contributed by atoms with van der Waals surface area (Å²) in [6, 6.07) is 4.33. The molecule has 1 aromatic heterocycles. The number of rotatable bonds is 5. The molecule has 0 bridgehead atoms. The van der Waals surface area contributed by atoms with Crippen molar-refractivity contribution in [2.75, 3.05) is 45.8 Å². The summed E-state index contributed by atoms with van der Waals surface area (Å²) in [5, 5.41) is 5.40. The Hall–Kier alpha value is -0.330. The highest BCUT2D eigenvalue weighted by Crippen LogP contribution is 2.19. The van der Waals surface area contributed by atoms with Crippen molar-refractivity contribution in [3.63, 3.8) is 0 Å². The third kappa shape index (κ3) is 5.33. The van der Waals surface area contributed by atoms with Crippen molar-refractivity contribution in [1.82, 2.24) is 15.1 Å². The Balaban J connectivity index is 0.00000132. The van der Waals surface area contributed by atoms with Crippen LogP contribution >= 0.6 is 36.2 Å². The highest BCUT2D eigenvalue weighted by Gasteiger charge is 2.32. The third-order valence-corrected chi connectivity index (χ3v) is 5.78. The van der Waals surface area contributed by atoms with E-state index in [1.165, 1.54) is 4.88 Å². The Labute approximate surface area is 155 Å². The van der Waals surface area contributed by atoms with Crippen LogP contribution in [-0.4, -0.2) is 61.5 Å². The summed E-state index contributed by atoms with van der Waals surface area (Å²) in [6.45, 7) is 9.06. The van der Waals surface area contributed by atoms with Gasteiger partial charge in [-0.1, -0.05) is 13.0 Å². The highest BCUT2D eigenvalue weighted by atomic mass is 35.5. The van der Waals surface area contributed by atoms with E-state index in [-0.39, 0.29) is 30.7 Å². The minimum absolute atomic E-state index is 0. The molecule has 1 unspecified atom stereocenters. The van der Waals surface area contributed by atoms with Crippen molar-refractivity contribution in [2.45, 2.75) is 13.3 Å². The molecule has 0 aromatic carbocycles. The van der Waals surface area contributed by atoms with E-state index in [9.17, 15) is 4.79 Å². The van der Waals surface area contributed by atoms with Gasteiger partial charge in [0.2, 0.25) is 5.91 Å². The maximum absolute atomic E-state index is 12.5. The molecular formula is C16H27Cl2N3OS. The molecule has 1 N–H and O–H groups in total. The zero-order valence-electron chi connectivity index (χ0n) is 13.6. The van der Waals surface area contributed by atoms with Crippen LogP contribution in [0.1, 0.15) is 11.8 Å². The van der Waals surface area contributed by atoms with Crippen LogP contribution in [0.4, 0.5) is 0 Å². The van der Waals surface area contributed by atoms with Crippen LogP contribution in [-0.2, 0) is 11.2 Å². The topological polar surface area (TPSA) is 35.6 Å². The van der Waals surface area contributed by atoms with Gasteiger partial charge in [-0.25, -0.2) is 0 Å². The maximum atomic E-state index is 12.5. The van der Waals surface area contributed by atoms with Crippen LogP contribution < -0.4 is 5.32 Å². The number of halogens is 2. The van der Waals surface area contributed by atoms with Gasteiger partial charge in [0.1, 0.15) is 0 Å². The first-order chi connectivity index (χ1) is 10.2. The summed E-state index contributed by atoms with van der Waals surface area (Å²) >= 11 is 1.84. The van der Waals surface area contributed by atoms with Crippen LogP contribution in [0.3, 0.4) is 0 Å². The second kappa shape index (κ2) is 9.84. The Morgan fingerprint density at radius 1 is 1.30 bits per heavy atom. The van der Waals surface area contributed by atoms with Crippen molar-refractivity contribution >= 4 is 42.1 Å². The summed E-state index contributed by atoms with van der Waals surface area (Å²) in [5.74, 6) is 1.10. The van der Waals surface area contributed by atoms with E-state index < -0.39 is 0 Å². The van der Waals surface area contributed by atoms with Gasteiger partial charge in [-0.2, -0.15) is 0 Å². The van der Waals surface area contributed by atoms with Crippen LogP contribution in [0.15, 0.2) is 17.5 Å². The Bertz CT molecular complexity index is 460. The molecule has 1 atom stereocenters. The zero-order valence-corrected chi connectivity index (χ0v) is 16.0. The van der Waals surface area contributed by atoms with Crippen molar-refractivity contribution < 1.29 is 4.79 Å². The number of piperazine rings is 1. The van der Waals surface area contributed by atoms with E-state index in [2.05, 4.69) is 39.6 Å². The number of carbonyl (C=O) groups excluding carboxylic acids is 1. The Morgan fingerprint density at radius 3 is 2.52 bits per heavy atom. The molecule has 2 saturated heterocycles. The normalized spacial score (nSPS) is 20.1. The molecule has 2 fully saturated rings. The Kier molecular flexibility index (Phi) is 8.86. The minimum atomic E-state index is 0. The van der Waals surface area contributed by atoms with Crippen molar-refractivity contribution in [2.24, 2.45) is 11.8 Å². The highest BCUT2D eigenvalue weighted by molar-refractivity contribution is 7.09. The van der Waals surface area contributed by atoms with Crippen molar-refractivity contribution in [3.8, 4) is 0 Å². The van der Waals surface area contributed by atoms with Gasteiger partial charge in [0.25, 0.3) is 0 Å². The molecular weight excluding hydrogens is 353 g/mol. The fraction of sp³-hybridized carbons (Fsp3) is 0.688. The fourth-order valence-electron chi connectivity index (χ4n) is 3.07. The lowest BCUT2D eigenvalue weighted by molar-refractivity contribution is -0.139. The molecule has 7 heteroatoms. The zero-order chi connectivity index (χ0) is 14.7. The average Bonchev–Trinajstić information content (AvgIpc) is 2.96. The number of hydrogen-bond donors (Lipinski definition) is 1. The van der Waals surface area contributed by atoms with Gasteiger partial charge < -0.3 is 10.2 Å². The summed E-state index contributed by atoms with van der Waals surface area (Å²) in [4.78, 5) is 18.5. The standard InChI is InChI=1S/C16H25N3OS.2ClH/c1-13(14-11-17-12-14)16(20)19-8-6-18(7-9-19)5-4-15-3-2-10-21-15;;/h2-3,10,13-14,17H,4-9,11-12H2,1H3;2*1H. The molecule has 4 nitrogen and oxygen atoms in total. The lowest BCUT2D eigenvalue weighted by Crippen LogP contribution is -2.54. The molecule has 1 amide bonds. The first-order valence-corrected chi connectivity index (χ1v) is 8.86. The quantitative estimate of drug-likeness (QED) is 0.850. The number of nitrogens with one attached hydrogen (secondary N) is 1. The lowest BCUT2D eigenvalue weighted by atomic mass is 9.88. The SMILES string of the molecule is CC(C(=O)N1CCN(CCc2cccs2)CC1)C1CNC1.Cl.Cl. The van der Waals surface area contributed by atoms with Crippen molar-refractivity contribution in [1.29, 1.82) is 0 Å². The number of amides is 1. The Morgan fingerprint density at radius 2 is 2.00 bits per heavy atom. The average molecular weight is 380 g/mol. The van der Waals surface area contributed by atoms with Gasteiger partial charge in [-0.05, 0) is 36.9 Å². The molecule has 23 heavy (non-hydrogen) atoms. The molecule has 132 valence electrons. The number of thiophene rings is 1. The van der Waals surface area contributed by atoms with Gasteiger partial charge in [-0.3, -0.25) is 9.69 Å². The van der Waals surface area contributed by atoms with Crippen LogP contribution in [0.25, 0.3) is 0 Å². The predicted octanol–water partition coefficient (Wildman–Crippen LogP) is 2.13. The van der Waals surface area contributed by atoms with E-state index in [1.54, 1.807) is 0 Å². The first kappa shape index (κ1) is 20.7. The molecule has 2 aliphatic heterocycles. The maximum Gasteiger partial charge on any atom is 0.225 e. The van der Waals surface area contributed by atoms with Gasteiger partial charge >= 0.3 is 0 Å². The first-order valence-electron chi connectivity index (χ1n) is 7.98. The smallest absolute Gasteiger partial charge is 0.225 e. The largest absolute Gasteiger partial charge is 0.340 e. The number of carbonyl (C=O) groups is 1. The van der Waals surface area contributed by atoms with Gasteiger partial charge in [0.15, 0.2) is 0 Å². The number of hydrogen-bond acceptors (Lipinski definition) is 4. The third-order valence-electron chi connectivity index (χ3n) is 4.85. The van der Waals surface area contributed by atoms with E-state index in [0.717, 1.165) is 52.2 Å². The van der Waals surface area contributed by atoms with Crippen LogP contribution in [0.5, 0.6) is 0 Å². The molecule has 3 rings (SSSR count). The van der Waals surface area contributed by atoms with E-state index in [1.807, 2.05) is 11.3 Å². The second-order valence-electron chi connectivity index (χ2n) is 6.20. The van der Waals surface area contributed by atoms with Gasteiger partial charge in [0.05, 0.1) is 0 Å². The fourth-order valence-corrected chi connectivity index (χ4v) is 3.77. The van der Waals surface area contributed by atoms with Crippen LogP contribution in [0, 0.1) is 11.8 Å². The predicted molar refractivity (Wildman–Crippen MR) is 101 cm³/mol. The van der Waals surface area contributed by atoms with Crippen LogP contribution in [0.2, 0.25) is 0 Å². The summed E-state index contributed by atoms with van der Waals surface area (Å²) in [5.41, 5.74) is 0. The van der Waals surface area contributed by atoms with E-state index >= 15 is 0 Å². The molecule has 0 spiro atoms. The molecule has 0 radical (unpaired) electrons. The van der Waals surface area contributed by atoms with Gasteiger partial charge in [0, 0.05) is 43.5 Å². The summed E-state index contributed by atoms with van der Waals surface area (Å²) in [6.07, 6.45) is 1.13. The second-order valence-corrected chi connectivity index (χ2v) is 7.24. The molecule has 0 aliphatic carbocycles. The summed E-state index contributed by atoms with van der Waals surface area (Å²) in [7, 11) is 0. The summed E-state index contributed by atoms with van der Waals surface area (Å²) < 4.78 is 0.